The normalized spacial score (nSPS) is 10.8. The molecule has 4 aromatic rings. The molecule has 28 heavy (non-hydrogen) atoms. The lowest BCUT2D eigenvalue weighted by atomic mass is 10.1. The quantitative estimate of drug-likeness (QED) is 0.506. The lowest BCUT2D eigenvalue weighted by molar-refractivity contribution is 0.305. The van der Waals surface area contributed by atoms with Crippen LogP contribution in [0.5, 0.6) is 5.75 Å². The number of benzene rings is 1. The molecule has 6 heteroatoms. The molecule has 0 saturated heterocycles. The molecule has 0 spiro atoms. The molecule has 0 aliphatic heterocycles. The van der Waals surface area contributed by atoms with Crippen molar-refractivity contribution in [1.82, 2.24) is 14.5 Å². The van der Waals surface area contributed by atoms with Crippen molar-refractivity contribution in [3.63, 3.8) is 0 Å². The second kappa shape index (κ2) is 7.78. The molecule has 0 amide bonds. The second-order valence-corrected chi connectivity index (χ2v) is 7.30. The molecule has 140 valence electrons. The summed E-state index contributed by atoms with van der Waals surface area (Å²) in [6.45, 7) is 2.33. The summed E-state index contributed by atoms with van der Waals surface area (Å²) in [7, 11) is 1.76. The van der Waals surface area contributed by atoms with Gasteiger partial charge in [0.15, 0.2) is 0 Å². The van der Waals surface area contributed by atoms with Crippen LogP contribution in [0.3, 0.4) is 0 Å². The summed E-state index contributed by atoms with van der Waals surface area (Å²) in [5.74, 6) is 0.639. The van der Waals surface area contributed by atoms with E-state index in [2.05, 4.69) is 9.97 Å². The van der Waals surface area contributed by atoms with Crippen LogP contribution in [0.15, 0.2) is 71.1 Å². The van der Waals surface area contributed by atoms with Gasteiger partial charge in [-0.25, -0.2) is 4.98 Å². The number of rotatable bonds is 5. The lowest BCUT2D eigenvalue weighted by Gasteiger charge is -2.17. The first kappa shape index (κ1) is 18.1. The molecule has 0 bridgehead atoms. The Morgan fingerprint density at radius 3 is 2.54 bits per heavy atom. The van der Waals surface area contributed by atoms with Crippen molar-refractivity contribution in [3.05, 3.63) is 87.9 Å². The average molecular weight is 389 g/mol. The van der Waals surface area contributed by atoms with Crippen LogP contribution in [0.25, 0.3) is 21.8 Å². The highest BCUT2D eigenvalue weighted by Gasteiger charge is 2.18. The van der Waals surface area contributed by atoms with E-state index in [1.807, 2.05) is 54.8 Å². The number of aromatic nitrogens is 3. The molecule has 0 atom stereocenters. The van der Waals surface area contributed by atoms with Crippen LogP contribution < -0.4 is 10.3 Å². The van der Waals surface area contributed by atoms with Crippen molar-refractivity contribution in [2.45, 2.75) is 13.5 Å². The van der Waals surface area contributed by atoms with E-state index in [1.165, 1.54) is 11.3 Å². The molecule has 0 fully saturated rings. The van der Waals surface area contributed by atoms with Crippen LogP contribution in [0, 0.1) is 6.92 Å². The first-order valence-corrected chi connectivity index (χ1v) is 9.75. The van der Waals surface area contributed by atoms with Crippen molar-refractivity contribution in [1.29, 1.82) is 0 Å². The van der Waals surface area contributed by atoms with Gasteiger partial charge in [0.05, 0.1) is 11.3 Å². The van der Waals surface area contributed by atoms with Gasteiger partial charge in [0.1, 0.15) is 17.4 Å². The van der Waals surface area contributed by atoms with Crippen molar-refractivity contribution < 1.29 is 4.74 Å². The van der Waals surface area contributed by atoms with Gasteiger partial charge >= 0.3 is 0 Å². The van der Waals surface area contributed by atoms with E-state index in [1.54, 1.807) is 30.1 Å². The maximum absolute atomic E-state index is 13.1. The summed E-state index contributed by atoms with van der Waals surface area (Å²) in [6.07, 6.45) is 3.41. The summed E-state index contributed by atoms with van der Waals surface area (Å²) >= 11 is 1.46. The largest absolute Gasteiger partial charge is 0.487 e. The average Bonchev–Trinajstić information content (AvgIpc) is 3.16. The zero-order valence-corrected chi connectivity index (χ0v) is 16.4. The zero-order valence-electron chi connectivity index (χ0n) is 15.6. The Morgan fingerprint density at radius 2 is 1.86 bits per heavy atom. The fourth-order valence-corrected chi connectivity index (χ4v) is 3.84. The molecule has 0 aliphatic rings. The van der Waals surface area contributed by atoms with Gasteiger partial charge in [0.25, 0.3) is 5.56 Å². The Kier molecular flexibility index (Phi) is 5.04. The number of hydrogen-bond donors (Lipinski definition) is 0. The fourth-order valence-electron chi connectivity index (χ4n) is 3.03. The summed E-state index contributed by atoms with van der Waals surface area (Å²) < 4.78 is 7.81. The van der Waals surface area contributed by atoms with E-state index in [0.717, 1.165) is 22.5 Å². The number of hydrogen-bond acceptors (Lipinski definition) is 5. The third kappa shape index (κ3) is 3.59. The van der Waals surface area contributed by atoms with Crippen molar-refractivity contribution in [3.8, 4) is 27.6 Å². The third-order valence-corrected chi connectivity index (χ3v) is 5.41. The summed E-state index contributed by atoms with van der Waals surface area (Å²) in [5, 5.41) is 2.64. The molecule has 3 aromatic heterocycles. The van der Waals surface area contributed by atoms with Gasteiger partial charge in [-0.2, -0.15) is 0 Å². The molecule has 4 rings (SSSR count). The van der Waals surface area contributed by atoms with Crippen molar-refractivity contribution >= 4 is 11.3 Å². The van der Waals surface area contributed by atoms with Crippen LogP contribution >= 0.6 is 11.3 Å². The van der Waals surface area contributed by atoms with Gasteiger partial charge in [0.2, 0.25) is 0 Å². The van der Waals surface area contributed by atoms with E-state index in [9.17, 15) is 4.79 Å². The van der Waals surface area contributed by atoms with Crippen LogP contribution in [0.2, 0.25) is 0 Å². The highest BCUT2D eigenvalue weighted by Crippen LogP contribution is 2.33. The number of aryl methyl sites for hydroxylation is 1. The highest BCUT2D eigenvalue weighted by atomic mass is 32.1. The standard InChI is InChI=1S/C22H19N3O2S/c1-15-14-28-21(24-15)18-12-19(27-13-16-6-4-3-5-7-16)20(25(2)22(18)26)17-8-10-23-11-9-17/h3-12,14H,13H2,1-2H3. The summed E-state index contributed by atoms with van der Waals surface area (Å²) in [6, 6.07) is 15.5. The maximum Gasteiger partial charge on any atom is 0.261 e. The number of nitrogens with zero attached hydrogens (tertiary/aromatic N) is 3. The molecule has 0 radical (unpaired) electrons. The van der Waals surface area contributed by atoms with Crippen LogP contribution in [-0.2, 0) is 13.7 Å². The summed E-state index contributed by atoms with van der Waals surface area (Å²) in [4.78, 5) is 21.6. The van der Waals surface area contributed by atoms with E-state index in [4.69, 9.17) is 4.74 Å². The molecule has 1 aromatic carbocycles. The highest BCUT2D eigenvalue weighted by molar-refractivity contribution is 7.13. The summed E-state index contributed by atoms with van der Waals surface area (Å²) in [5.41, 5.74) is 3.99. The molecule has 3 heterocycles. The predicted molar refractivity (Wildman–Crippen MR) is 112 cm³/mol. The van der Waals surface area contributed by atoms with E-state index >= 15 is 0 Å². The minimum absolute atomic E-state index is 0.103. The zero-order chi connectivity index (χ0) is 19.5. The Morgan fingerprint density at radius 1 is 1.11 bits per heavy atom. The first-order valence-electron chi connectivity index (χ1n) is 8.87. The fraction of sp³-hybridized carbons (Fsp3) is 0.136. The predicted octanol–water partition coefficient (Wildman–Crippen LogP) is 4.46. The van der Waals surface area contributed by atoms with E-state index in [-0.39, 0.29) is 5.56 Å². The minimum Gasteiger partial charge on any atom is -0.487 e. The minimum atomic E-state index is -0.103. The molecule has 0 unspecified atom stereocenters. The SMILES string of the molecule is Cc1csc(-c2cc(OCc3ccccc3)c(-c3ccncc3)n(C)c2=O)n1. The Bertz CT molecular complexity index is 1150. The van der Waals surface area contributed by atoms with E-state index < -0.39 is 0 Å². The van der Waals surface area contributed by atoms with E-state index in [0.29, 0.717) is 22.9 Å². The Balaban J connectivity index is 1.84. The molecule has 0 saturated carbocycles. The van der Waals surface area contributed by atoms with Gasteiger partial charge in [-0.15, -0.1) is 11.3 Å². The molecular weight excluding hydrogens is 370 g/mol. The van der Waals surface area contributed by atoms with Gasteiger partial charge < -0.3 is 9.30 Å². The lowest BCUT2D eigenvalue weighted by Crippen LogP contribution is -2.21. The van der Waals surface area contributed by atoms with Crippen LogP contribution in [0.4, 0.5) is 0 Å². The van der Waals surface area contributed by atoms with Crippen molar-refractivity contribution in [2.75, 3.05) is 0 Å². The maximum atomic E-state index is 13.1. The monoisotopic (exact) mass is 389 g/mol. The van der Waals surface area contributed by atoms with Gasteiger partial charge in [0, 0.05) is 36.1 Å². The van der Waals surface area contributed by atoms with Gasteiger partial charge in [-0.05, 0) is 30.7 Å². The number of pyridine rings is 2. The number of ether oxygens (including phenoxy) is 1. The molecule has 0 aliphatic carbocycles. The Labute approximate surface area is 166 Å². The van der Waals surface area contributed by atoms with Crippen LogP contribution in [0.1, 0.15) is 11.3 Å². The topological polar surface area (TPSA) is 57.0 Å². The first-order chi connectivity index (χ1) is 13.6. The molecule has 0 N–H and O–H groups in total. The molecular formula is C22H19N3O2S. The van der Waals surface area contributed by atoms with Crippen LogP contribution in [-0.4, -0.2) is 14.5 Å². The molecule has 5 nitrogen and oxygen atoms in total. The van der Waals surface area contributed by atoms with Gasteiger partial charge in [-0.3, -0.25) is 9.78 Å². The van der Waals surface area contributed by atoms with Gasteiger partial charge in [-0.1, -0.05) is 30.3 Å². The number of thiazole rings is 1. The smallest absolute Gasteiger partial charge is 0.261 e. The second-order valence-electron chi connectivity index (χ2n) is 6.44. The van der Waals surface area contributed by atoms with Crippen molar-refractivity contribution in [2.24, 2.45) is 7.05 Å². The third-order valence-electron chi connectivity index (χ3n) is 4.42. The Hall–Kier alpha value is -3.25.